The van der Waals surface area contributed by atoms with E-state index in [0.29, 0.717) is 11.9 Å². The van der Waals surface area contributed by atoms with Gasteiger partial charge in [0.05, 0.1) is 6.04 Å². The molecule has 1 aromatic heterocycles. The molecule has 1 atom stereocenters. The molecule has 1 rings (SSSR count). The Morgan fingerprint density at radius 1 is 1.56 bits per heavy atom. The van der Waals surface area contributed by atoms with Gasteiger partial charge in [-0.2, -0.15) is 0 Å². The Bertz CT molecular complexity index is 317. The minimum atomic E-state index is 0.264. The highest BCUT2D eigenvalue weighted by Gasteiger charge is 2.16. The first-order chi connectivity index (χ1) is 7.65. The number of rotatable bonds is 5. The van der Waals surface area contributed by atoms with E-state index in [0.717, 1.165) is 13.0 Å². The fourth-order valence-electron chi connectivity index (χ4n) is 1.47. The molecule has 0 fully saturated rings. The Kier molecular flexibility index (Phi) is 5.32. The van der Waals surface area contributed by atoms with Gasteiger partial charge in [0, 0.05) is 11.4 Å². The molecule has 1 unspecified atom stereocenters. The Balaban J connectivity index is 2.66. The zero-order valence-electron chi connectivity index (χ0n) is 10.2. The van der Waals surface area contributed by atoms with Crippen LogP contribution in [0.4, 0.5) is 0 Å². The van der Waals surface area contributed by atoms with Gasteiger partial charge < -0.3 is 11.1 Å². The van der Waals surface area contributed by atoms with E-state index in [-0.39, 0.29) is 6.04 Å². The van der Waals surface area contributed by atoms with E-state index >= 15 is 0 Å². The number of nitrogens with two attached hydrogens (primary N) is 1. The van der Waals surface area contributed by atoms with E-state index in [9.17, 15) is 0 Å². The van der Waals surface area contributed by atoms with Gasteiger partial charge >= 0.3 is 0 Å². The highest BCUT2D eigenvalue weighted by molar-refractivity contribution is 7.10. The third-order valence-corrected chi connectivity index (χ3v) is 3.28. The van der Waals surface area contributed by atoms with Crippen LogP contribution in [-0.2, 0) is 0 Å². The maximum atomic E-state index is 5.85. The van der Waals surface area contributed by atoms with Crippen LogP contribution in [0.1, 0.15) is 38.1 Å². The van der Waals surface area contributed by atoms with Gasteiger partial charge in [0.2, 0.25) is 0 Å². The monoisotopic (exact) mass is 239 g/mol. The van der Waals surface area contributed by atoms with Crippen molar-refractivity contribution in [2.75, 3.05) is 6.54 Å². The highest BCUT2D eigenvalue weighted by Crippen LogP contribution is 2.25. The molecule has 1 aromatic rings. The van der Waals surface area contributed by atoms with Crippen molar-refractivity contribution < 1.29 is 0 Å². The van der Waals surface area contributed by atoms with Crippen LogP contribution in [0.3, 0.4) is 0 Å². The first-order valence-electron chi connectivity index (χ1n) is 5.75. The summed E-state index contributed by atoms with van der Waals surface area (Å²) < 4.78 is 0. The zero-order valence-corrected chi connectivity index (χ0v) is 11.1. The van der Waals surface area contributed by atoms with E-state index in [1.165, 1.54) is 4.88 Å². The number of hydrogen-bond acceptors (Lipinski definition) is 2. The number of nitrogens with one attached hydrogen (secondary N) is 1. The van der Waals surface area contributed by atoms with Crippen molar-refractivity contribution in [2.45, 2.75) is 33.2 Å². The average molecular weight is 239 g/mol. The van der Waals surface area contributed by atoms with Crippen molar-refractivity contribution in [3.05, 3.63) is 22.4 Å². The minimum Gasteiger partial charge on any atom is -0.370 e. The van der Waals surface area contributed by atoms with Crippen LogP contribution in [-0.4, -0.2) is 12.5 Å². The molecule has 0 aliphatic carbocycles. The maximum Gasteiger partial charge on any atom is 0.189 e. The quantitative estimate of drug-likeness (QED) is 0.613. The van der Waals surface area contributed by atoms with E-state index in [2.05, 4.69) is 48.6 Å². The summed E-state index contributed by atoms with van der Waals surface area (Å²) in [6, 6.07) is 4.46. The molecule has 1 heterocycles. The Morgan fingerprint density at radius 3 is 2.81 bits per heavy atom. The van der Waals surface area contributed by atoms with Gasteiger partial charge in [-0.05, 0) is 23.8 Å². The predicted molar refractivity (Wildman–Crippen MR) is 71.8 cm³/mol. The predicted octanol–water partition coefficient (Wildman–Crippen LogP) is 2.76. The molecule has 0 amide bonds. The standard InChI is InChI=1S/C12H21N3S/c1-4-7-14-12(13)15-11(9(2)3)10-6-5-8-16-10/h5-6,8-9,11H,4,7H2,1-3H3,(H3,13,14,15). The summed E-state index contributed by atoms with van der Waals surface area (Å²) in [7, 11) is 0. The second-order valence-electron chi connectivity index (χ2n) is 4.15. The van der Waals surface area contributed by atoms with Crippen LogP contribution in [0.25, 0.3) is 0 Å². The second-order valence-corrected chi connectivity index (χ2v) is 5.13. The lowest BCUT2D eigenvalue weighted by molar-refractivity contribution is 0.476. The molecule has 0 aliphatic heterocycles. The topological polar surface area (TPSA) is 50.4 Å². The van der Waals surface area contributed by atoms with Crippen LogP contribution in [0.5, 0.6) is 0 Å². The molecule has 3 N–H and O–H groups in total. The van der Waals surface area contributed by atoms with E-state index < -0.39 is 0 Å². The van der Waals surface area contributed by atoms with Crippen molar-refractivity contribution in [1.82, 2.24) is 5.32 Å². The average Bonchev–Trinajstić information content (AvgIpc) is 2.75. The smallest absolute Gasteiger partial charge is 0.189 e. The van der Waals surface area contributed by atoms with Crippen molar-refractivity contribution in [3.63, 3.8) is 0 Å². The Labute approximate surface area is 102 Å². The second kappa shape index (κ2) is 6.53. The third kappa shape index (κ3) is 3.85. The molecule has 90 valence electrons. The van der Waals surface area contributed by atoms with Gasteiger partial charge in [-0.3, -0.25) is 4.99 Å². The molecule has 0 aliphatic rings. The highest BCUT2D eigenvalue weighted by atomic mass is 32.1. The van der Waals surface area contributed by atoms with Gasteiger partial charge in [-0.25, -0.2) is 0 Å². The third-order valence-electron chi connectivity index (χ3n) is 2.33. The van der Waals surface area contributed by atoms with Crippen molar-refractivity contribution in [3.8, 4) is 0 Å². The summed E-state index contributed by atoms with van der Waals surface area (Å²) in [6.07, 6.45) is 1.02. The Morgan fingerprint density at radius 2 is 2.31 bits per heavy atom. The summed E-state index contributed by atoms with van der Waals surface area (Å²) in [5.74, 6) is 1.04. The number of hydrogen-bond donors (Lipinski definition) is 2. The lowest BCUT2D eigenvalue weighted by Crippen LogP contribution is -2.37. The molecule has 16 heavy (non-hydrogen) atoms. The van der Waals surface area contributed by atoms with Crippen molar-refractivity contribution in [2.24, 2.45) is 16.6 Å². The van der Waals surface area contributed by atoms with Gasteiger partial charge in [-0.1, -0.05) is 26.8 Å². The SMILES string of the molecule is CCCN=C(N)NC(c1cccs1)C(C)C. The first kappa shape index (κ1) is 13.0. The molecule has 0 bridgehead atoms. The number of thiophene rings is 1. The minimum absolute atomic E-state index is 0.264. The molecule has 0 spiro atoms. The first-order valence-corrected chi connectivity index (χ1v) is 6.63. The summed E-state index contributed by atoms with van der Waals surface area (Å²) in [5, 5.41) is 5.38. The summed E-state index contributed by atoms with van der Waals surface area (Å²) >= 11 is 1.75. The van der Waals surface area contributed by atoms with Crippen LogP contribution in [0.2, 0.25) is 0 Å². The zero-order chi connectivity index (χ0) is 12.0. The molecule has 0 radical (unpaired) electrons. The number of guanidine groups is 1. The van der Waals surface area contributed by atoms with Crippen molar-refractivity contribution in [1.29, 1.82) is 0 Å². The van der Waals surface area contributed by atoms with Crippen LogP contribution in [0, 0.1) is 5.92 Å². The summed E-state index contributed by atoms with van der Waals surface area (Å²) in [5.41, 5.74) is 5.85. The van der Waals surface area contributed by atoms with Crippen LogP contribution in [0.15, 0.2) is 22.5 Å². The fraction of sp³-hybridized carbons (Fsp3) is 0.583. The van der Waals surface area contributed by atoms with Gasteiger partial charge in [0.25, 0.3) is 0 Å². The van der Waals surface area contributed by atoms with Crippen molar-refractivity contribution >= 4 is 17.3 Å². The van der Waals surface area contributed by atoms with Gasteiger partial charge in [0.1, 0.15) is 0 Å². The normalized spacial score (nSPS) is 14.1. The maximum absolute atomic E-state index is 5.85. The Hall–Kier alpha value is -1.03. The summed E-state index contributed by atoms with van der Waals surface area (Å²) in [6.45, 7) is 7.25. The van der Waals surface area contributed by atoms with Crippen LogP contribution < -0.4 is 11.1 Å². The largest absolute Gasteiger partial charge is 0.370 e. The molecule has 0 saturated heterocycles. The molecular formula is C12H21N3S. The molecule has 4 heteroatoms. The van der Waals surface area contributed by atoms with Crippen LogP contribution >= 0.6 is 11.3 Å². The molecule has 0 saturated carbocycles. The number of aliphatic imine (C=N–C) groups is 1. The lowest BCUT2D eigenvalue weighted by atomic mass is 10.0. The van der Waals surface area contributed by atoms with E-state index in [4.69, 9.17) is 5.73 Å². The summed E-state index contributed by atoms with van der Waals surface area (Å²) in [4.78, 5) is 5.57. The van der Waals surface area contributed by atoms with E-state index in [1.807, 2.05) is 0 Å². The van der Waals surface area contributed by atoms with Gasteiger partial charge in [0.15, 0.2) is 5.96 Å². The molecule has 3 nitrogen and oxygen atoms in total. The van der Waals surface area contributed by atoms with E-state index in [1.54, 1.807) is 11.3 Å². The van der Waals surface area contributed by atoms with Gasteiger partial charge in [-0.15, -0.1) is 11.3 Å². The molecular weight excluding hydrogens is 218 g/mol. The fourth-order valence-corrected chi connectivity index (χ4v) is 2.42. The lowest BCUT2D eigenvalue weighted by Gasteiger charge is -2.21. The number of nitrogens with zero attached hydrogens (tertiary/aromatic N) is 1. The molecule has 0 aromatic carbocycles.